The van der Waals surface area contributed by atoms with Crippen LogP contribution >= 0.6 is 24.0 Å². The molecule has 2 unspecified atom stereocenters. The maximum atomic E-state index is 12.6. The number of hydrogen-bond acceptors (Lipinski definition) is 3. The predicted octanol–water partition coefficient (Wildman–Crippen LogP) is 3.51. The van der Waals surface area contributed by atoms with Gasteiger partial charge in [0.05, 0.1) is 19.7 Å². The second-order valence-electron chi connectivity index (χ2n) is 7.69. The zero-order valence-electron chi connectivity index (χ0n) is 17.1. The van der Waals surface area contributed by atoms with Crippen molar-refractivity contribution in [1.29, 1.82) is 0 Å². The van der Waals surface area contributed by atoms with E-state index in [-0.39, 0.29) is 36.1 Å². The Morgan fingerprint density at radius 1 is 1.24 bits per heavy atom. The quantitative estimate of drug-likeness (QED) is 0.372. The van der Waals surface area contributed by atoms with Gasteiger partial charge in [0, 0.05) is 32.7 Å². The molecule has 2 atom stereocenters. The lowest BCUT2D eigenvalue weighted by Gasteiger charge is -2.36. The lowest BCUT2D eigenvalue weighted by atomic mass is 10.00. The van der Waals surface area contributed by atoms with E-state index in [0.29, 0.717) is 39.2 Å². The molecule has 29 heavy (non-hydrogen) atoms. The van der Waals surface area contributed by atoms with Crippen LogP contribution in [0.25, 0.3) is 0 Å². The third kappa shape index (κ3) is 6.71. The summed E-state index contributed by atoms with van der Waals surface area (Å²) >= 11 is 0. The van der Waals surface area contributed by atoms with E-state index >= 15 is 0 Å². The van der Waals surface area contributed by atoms with Gasteiger partial charge >= 0.3 is 6.18 Å². The van der Waals surface area contributed by atoms with Crippen molar-refractivity contribution in [2.75, 3.05) is 46.4 Å². The second-order valence-corrected chi connectivity index (χ2v) is 7.69. The second kappa shape index (κ2) is 10.3. The van der Waals surface area contributed by atoms with Gasteiger partial charge in [0.1, 0.15) is 6.10 Å². The van der Waals surface area contributed by atoms with Gasteiger partial charge in [-0.25, -0.2) is 0 Å². The molecule has 2 heterocycles. The number of hydrogen-bond donors (Lipinski definition) is 1. The highest BCUT2D eigenvalue weighted by Gasteiger charge is 2.35. The van der Waals surface area contributed by atoms with E-state index in [2.05, 4.69) is 47.3 Å². The van der Waals surface area contributed by atoms with Gasteiger partial charge in [0.25, 0.3) is 0 Å². The SMILES string of the molecule is CN=C(NC1CCN(CC(F)(F)F)C1)N1CCOC(c2ccc(C)cc2C)C1.I. The number of benzene rings is 1. The molecule has 164 valence electrons. The summed E-state index contributed by atoms with van der Waals surface area (Å²) in [6.45, 7) is 6.10. The van der Waals surface area contributed by atoms with E-state index in [1.807, 2.05) is 0 Å². The number of ether oxygens (including phenoxy) is 1. The average molecular weight is 526 g/mol. The molecule has 2 aliphatic heterocycles. The van der Waals surface area contributed by atoms with Crippen molar-refractivity contribution >= 4 is 29.9 Å². The molecular weight excluding hydrogens is 496 g/mol. The first-order valence-electron chi connectivity index (χ1n) is 9.71. The zero-order valence-corrected chi connectivity index (χ0v) is 19.5. The Morgan fingerprint density at radius 3 is 2.66 bits per heavy atom. The molecule has 5 nitrogen and oxygen atoms in total. The molecule has 3 rings (SSSR count). The minimum absolute atomic E-state index is 0. The third-order valence-electron chi connectivity index (χ3n) is 5.36. The summed E-state index contributed by atoms with van der Waals surface area (Å²) in [5, 5.41) is 3.36. The smallest absolute Gasteiger partial charge is 0.370 e. The number of guanidine groups is 1. The van der Waals surface area contributed by atoms with Gasteiger partial charge < -0.3 is 15.0 Å². The molecule has 0 spiro atoms. The molecule has 1 aromatic carbocycles. The van der Waals surface area contributed by atoms with Crippen molar-refractivity contribution in [3.63, 3.8) is 0 Å². The van der Waals surface area contributed by atoms with E-state index in [1.165, 1.54) is 21.6 Å². The van der Waals surface area contributed by atoms with Crippen molar-refractivity contribution in [3.05, 3.63) is 34.9 Å². The Kier molecular flexibility index (Phi) is 8.59. The Bertz CT molecular complexity index is 713. The summed E-state index contributed by atoms with van der Waals surface area (Å²) in [5.41, 5.74) is 3.59. The third-order valence-corrected chi connectivity index (χ3v) is 5.36. The first kappa shape index (κ1) is 24.2. The Hall–Kier alpha value is -1.07. The molecule has 0 saturated carbocycles. The van der Waals surface area contributed by atoms with Crippen molar-refractivity contribution in [3.8, 4) is 0 Å². The topological polar surface area (TPSA) is 40.1 Å². The van der Waals surface area contributed by atoms with Crippen molar-refractivity contribution in [1.82, 2.24) is 15.1 Å². The van der Waals surface area contributed by atoms with Gasteiger partial charge in [-0.3, -0.25) is 9.89 Å². The van der Waals surface area contributed by atoms with Crippen LogP contribution < -0.4 is 5.32 Å². The number of aliphatic imine (C=N–C) groups is 1. The van der Waals surface area contributed by atoms with E-state index in [1.54, 1.807) is 7.05 Å². The summed E-state index contributed by atoms with van der Waals surface area (Å²) < 4.78 is 43.8. The van der Waals surface area contributed by atoms with Crippen molar-refractivity contribution in [2.45, 2.75) is 38.6 Å². The van der Waals surface area contributed by atoms with Crippen LogP contribution in [-0.2, 0) is 4.74 Å². The minimum Gasteiger partial charge on any atom is -0.370 e. The van der Waals surface area contributed by atoms with Gasteiger partial charge in [0.2, 0.25) is 0 Å². The van der Waals surface area contributed by atoms with Crippen LogP contribution in [0.4, 0.5) is 13.2 Å². The zero-order chi connectivity index (χ0) is 20.3. The molecule has 0 amide bonds. The number of aryl methyl sites for hydroxylation is 2. The fraction of sp³-hybridized carbons (Fsp3) is 0.650. The predicted molar refractivity (Wildman–Crippen MR) is 119 cm³/mol. The maximum Gasteiger partial charge on any atom is 0.401 e. The molecule has 0 aromatic heterocycles. The average Bonchev–Trinajstić information content (AvgIpc) is 3.05. The highest BCUT2D eigenvalue weighted by molar-refractivity contribution is 14.0. The lowest BCUT2D eigenvalue weighted by molar-refractivity contribution is -0.143. The summed E-state index contributed by atoms with van der Waals surface area (Å²) in [6, 6.07) is 6.33. The van der Waals surface area contributed by atoms with Crippen LogP contribution in [0.2, 0.25) is 0 Å². The van der Waals surface area contributed by atoms with Gasteiger partial charge in [-0.1, -0.05) is 23.8 Å². The molecular formula is C20H30F3IN4O. The first-order chi connectivity index (χ1) is 13.2. The van der Waals surface area contributed by atoms with Crippen LogP contribution in [0.3, 0.4) is 0 Å². The fourth-order valence-electron chi connectivity index (χ4n) is 4.04. The number of morpholine rings is 1. The van der Waals surface area contributed by atoms with E-state index in [0.717, 1.165) is 5.96 Å². The number of nitrogens with zero attached hydrogens (tertiary/aromatic N) is 3. The van der Waals surface area contributed by atoms with Gasteiger partial charge in [-0.2, -0.15) is 13.2 Å². The van der Waals surface area contributed by atoms with Crippen LogP contribution in [0.1, 0.15) is 29.2 Å². The highest BCUT2D eigenvalue weighted by atomic mass is 127. The maximum absolute atomic E-state index is 12.6. The molecule has 2 aliphatic rings. The van der Waals surface area contributed by atoms with Crippen molar-refractivity contribution in [2.24, 2.45) is 4.99 Å². The normalized spacial score (nSPS) is 23.8. The van der Waals surface area contributed by atoms with Gasteiger partial charge in [0.15, 0.2) is 5.96 Å². The molecule has 1 aromatic rings. The number of rotatable bonds is 3. The molecule has 2 saturated heterocycles. The van der Waals surface area contributed by atoms with Crippen molar-refractivity contribution < 1.29 is 17.9 Å². The number of halogens is 4. The van der Waals surface area contributed by atoms with Crippen LogP contribution in [0.5, 0.6) is 0 Å². The van der Waals surface area contributed by atoms with Crippen LogP contribution in [-0.4, -0.2) is 74.4 Å². The summed E-state index contributed by atoms with van der Waals surface area (Å²) in [4.78, 5) is 7.96. The molecule has 0 bridgehead atoms. The monoisotopic (exact) mass is 526 g/mol. The fourth-order valence-corrected chi connectivity index (χ4v) is 4.04. The standard InChI is InChI=1S/C20H29F3N4O.HI/c1-14-4-5-17(15(2)10-14)18-12-27(8-9-28-18)19(24-3)25-16-6-7-26(11-16)13-20(21,22)23;/h4-5,10,16,18H,6-9,11-13H2,1-3H3,(H,24,25);1H. The number of nitrogens with one attached hydrogen (secondary N) is 1. The van der Waals surface area contributed by atoms with Gasteiger partial charge in [-0.15, -0.1) is 24.0 Å². The molecule has 2 fully saturated rings. The summed E-state index contributed by atoms with van der Waals surface area (Å²) in [6.07, 6.45) is -3.52. The van der Waals surface area contributed by atoms with Gasteiger partial charge in [-0.05, 0) is 31.4 Å². The van der Waals surface area contributed by atoms with E-state index in [9.17, 15) is 13.2 Å². The lowest BCUT2D eigenvalue weighted by Crippen LogP contribution is -2.51. The van der Waals surface area contributed by atoms with E-state index in [4.69, 9.17) is 4.74 Å². The minimum atomic E-state index is -4.15. The van der Waals surface area contributed by atoms with E-state index < -0.39 is 12.7 Å². The number of alkyl halides is 3. The highest BCUT2D eigenvalue weighted by Crippen LogP contribution is 2.26. The Labute approximate surface area is 187 Å². The summed E-state index contributed by atoms with van der Waals surface area (Å²) in [7, 11) is 1.71. The summed E-state index contributed by atoms with van der Waals surface area (Å²) in [5.74, 6) is 0.733. The molecule has 0 aliphatic carbocycles. The number of likely N-dealkylation sites (tertiary alicyclic amines) is 1. The molecule has 9 heteroatoms. The largest absolute Gasteiger partial charge is 0.401 e. The molecule has 0 radical (unpaired) electrons. The molecule has 1 N–H and O–H groups in total. The van der Waals surface area contributed by atoms with Crippen LogP contribution in [0, 0.1) is 13.8 Å². The van der Waals surface area contributed by atoms with Crippen LogP contribution in [0.15, 0.2) is 23.2 Å². The Morgan fingerprint density at radius 2 is 2.00 bits per heavy atom. The first-order valence-corrected chi connectivity index (χ1v) is 9.71. The Balaban J connectivity index is 0.00000300.